The van der Waals surface area contributed by atoms with Crippen molar-refractivity contribution >= 4 is 22.5 Å². The molecule has 0 radical (unpaired) electrons. The molecule has 1 amide bonds. The third-order valence-electron chi connectivity index (χ3n) is 5.57. The van der Waals surface area contributed by atoms with E-state index in [2.05, 4.69) is 10.3 Å². The Morgan fingerprint density at radius 3 is 2.77 bits per heavy atom. The summed E-state index contributed by atoms with van der Waals surface area (Å²) in [6.45, 7) is 4.82. The fraction of sp³-hybridized carbons (Fsp3) is 0.304. The number of H-pyrrole nitrogens is 1. The molecule has 2 aromatic carbocycles. The number of pyridine rings is 1. The fourth-order valence-corrected chi connectivity index (χ4v) is 3.96. The van der Waals surface area contributed by atoms with Gasteiger partial charge in [0.15, 0.2) is 5.43 Å². The Bertz CT molecular complexity index is 1200. The van der Waals surface area contributed by atoms with Crippen LogP contribution in [0.5, 0.6) is 5.75 Å². The van der Waals surface area contributed by atoms with Crippen LogP contribution in [0.15, 0.2) is 35.1 Å². The molecule has 0 atom stereocenters. The predicted octanol–water partition coefficient (Wildman–Crippen LogP) is 3.29. The topological polar surface area (TPSA) is 74.4 Å². The molecule has 0 saturated carbocycles. The molecule has 4 rings (SSSR count). The van der Waals surface area contributed by atoms with Gasteiger partial charge in [0.2, 0.25) is 5.91 Å². The van der Waals surface area contributed by atoms with Gasteiger partial charge in [-0.25, -0.2) is 4.39 Å². The highest BCUT2D eigenvalue weighted by Gasteiger charge is 2.23. The lowest BCUT2D eigenvalue weighted by Gasteiger charge is -2.28. The average molecular weight is 409 g/mol. The van der Waals surface area contributed by atoms with Crippen molar-refractivity contribution in [3.8, 4) is 5.75 Å². The Kier molecular flexibility index (Phi) is 5.30. The highest BCUT2D eigenvalue weighted by atomic mass is 19.1. The monoisotopic (exact) mass is 409 g/mol. The summed E-state index contributed by atoms with van der Waals surface area (Å²) in [6, 6.07) is 8.14. The Balaban J connectivity index is 1.54. The van der Waals surface area contributed by atoms with E-state index in [1.807, 2.05) is 17.9 Å². The number of anilines is 1. The largest absolute Gasteiger partial charge is 0.497 e. The van der Waals surface area contributed by atoms with Crippen LogP contribution in [0.2, 0.25) is 0 Å². The van der Waals surface area contributed by atoms with Crippen molar-refractivity contribution in [1.29, 1.82) is 0 Å². The molecule has 6 nitrogen and oxygen atoms in total. The Morgan fingerprint density at radius 2 is 2.03 bits per heavy atom. The predicted molar refractivity (Wildman–Crippen MR) is 115 cm³/mol. The number of nitrogens with one attached hydrogen (secondary N) is 2. The van der Waals surface area contributed by atoms with Gasteiger partial charge in [-0.05, 0) is 55.3 Å². The van der Waals surface area contributed by atoms with Crippen LogP contribution in [-0.2, 0) is 17.8 Å². The first-order chi connectivity index (χ1) is 14.4. The van der Waals surface area contributed by atoms with Crippen molar-refractivity contribution in [1.82, 2.24) is 9.88 Å². The van der Waals surface area contributed by atoms with E-state index in [0.29, 0.717) is 47.5 Å². The van der Waals surface area contributed by atoms with E-state index in [1.54, 1.807) is 26.2 Å². The summed E-state index contributed by atoms with van der Waals surface area (Å²) in [4.78, 5) is 31.0. The molecule has 0 spiro atoms. The molecule has 30 heavy (non-hydrogen) atoms. The number of amides is 1. The lowest BCUT2D eigenvalue weighted by molar-refractivity contribution is -0.117. The Labute approximate surface area is 173 Å². The van der Waals surface area contributed by atoms with Crippen LogP contribution < -0.4 is 15.5 Å². The summed E-state index contributed by atoms with van der Waals surface area (Å²) in [5, 5.41) is 3.39. The molecule has 0 aliphatic carbocycles. The van der Waals surface area contributed by atoms with Crippen molar-refractivity contribution in [2.24, 2.45) is 0 Å². The standard InChI is InChI=1S/C23H24FN3O3/c1-13-8-15(4-5-19(13)24)25-21(28)12-27-7-6-20-18(11-27)23(29)17-10-16(30-3)9-14(2)22(17)26-20/h4-5,8-10H,6-7,11-12H2,1-3H3,(H,25,28)(H,26,29). The lowest BCUT2D eigenvalue weighted by atomic mass is 10.0. The number of hydrogen-bond acceptors (Lipinski definition) is 4. The third kappa shape index (κ3) is 3.80. The fourth-order valence-electron chi connectivity index (χ4n) is 3.96. The quantitative estimate of drug-likeness (QED) is 0.694. The van der Waals surface area contributed by atoms with Gasteiger partial charge in [0, 0.05) is 41.8 Å². The number of aromatic amines is 1. The zero-order valence-corrected chi connectivity index (χ0v) is 17.3. The van der Waals surface area contributed by atoms with Gasteiger partial charge in [0.25, 0.3) is 0 Å². The molecular weight excluding hydrogens is 385 g/mol. The van der Waals surface area contributed by atoms with E-state index in [0.717, 1.165) is 16.8 Å². The number of methoxy groups -OCH3 is 1. The first kappa shape index (κ1) is 20.1. The van der Waals surface area contributed by atoms with Crippen LogP contribution in [0, 0.1) is 19.7 Å². The zero-order valence-electron chi connectivity index (χ0n) is 17.3. The smallest absolute Gasteiger partial charge is 0.238 e. The van der Waals surface area contributed by atoms with Gasteiger partial charge in [0.1, 0.15) is 11.6 Å². The maximum Gasteiger partial charge on any atom is 0.238 e. The van der Waals surface area contributed by atoms with E-state index in [9.17, 15) is 14.0 Å². The molecule has 1 aliphatic heterocycles. The Hall–Kier alpha value is -3.19. The molecule has 156 valence electrons. The highest BCUT2D eigenvalue weighted by molar-refractivity contribution is 5.92. The maximum atomic E-state index is 13.4. The number of rotatable bonds is 4. The number of hydrogen-bond donors (Lipinski definition) is 2. The molecule has 0 saturated heterocycles. The number of ether oxygens (including phenoxy) is 1. The van der Waals surface area contributed by atoms with Gasteiger partial charge in [0.05, 0.1) is 19.2 Å². The summed E-state index contributed by atoms with van der Waals surface area (Å²) < 4.78 is 18.7. The number of nitrogens with zero attached hydrogens (tertiary/aromatic N) is 1. The lowest BCUT2D eigenvalue weighted by Crippen LogP contribution is -2.39. The van der Waals surface area contributed by atoms with Crippen LogP contribution in [0.1, 0.15) is 22.4 Å². The van der Waals surface area contributed by atoms with Gasteiger partial charge in [-0.3, -0.25) is 14.5 Å². The molecule has 7 heteroatoms. The van der Waals surface area contributed by atoms with Crippen molar-refractivity contribution in [3.63, 3.8) is 0 Å². The molecule has 1 aromatic heterocycles. The number of halogens is 1. The summed E-state index contributed by atoms with van der Waals surface area (Å²) in [5.74, 6) is 0.144. The molecule has 0 unspecified atom stereocenters. The number of benzene rings is 2. The van der Waals surface area contributed by atoms with Crippen LogP contribution >= 0.6 is 0 Å². The molecule has 2 heterocycles. The minimum atomic E-state index is -0.307. The first-order valence-corrected chi connectivity index (χ1v) is 9.86. The third-order valence-corrected chi connectivity index (χ3v) is 5.57. The number of aryl methyl sites for hydroxylation is 2. The Morgan fingerprint density at radius 1 is 1.23 bits per heavy atom. The van der Waals surface area contributed by atoms with Gasteiger partial charge < -0.3 is 15.0 Å². The van der Waals surface area contributed by atoms with E-state index >= 15 is 0 Å². The van der Waals surface area contributed by atoms with E-state index < -0.39 is 0 Å². The minimum absolute atomic E-state index is 0.0278. The summed E-state index contributed by atoms with van der Waals surface area (Å²) in [7, 11) is 1.58. The molecule has 3 aromatic rings. The highest BCUT2D eigenvalue weighted by Crippen LogP contribution is 2.25. The maximum absolute atomic E-state index is 13.4. The molecule has 1 aliphatic rings. The molecule has 2 N–H and O–H groups in total. The normalized spacial score (nSPS) is 13.9. The molecule has 0 bridgehead atoms. The summed E-state index contributed by atoms with van der Waals surface area (Å²) in [5.41, 5.74) is 4.41. The van der Waals surface area contributed by atoms with Crippen molar-refractivity contribution < 1.29 is 13.9 Å². The summed E-state index contributed by atoms with van der Waals surface area (Å²) in [6.07, 6.45) is 0.662. The van der Waals surface area contributed by atoms with Gasteiger partial charge in [-0.1, -0.05) is 0 Å². The van der Waals surface area contributed by atoms with Crippen LogP contribution in [-0.4, -0.2) is 36.0 Å². The minimum Gasteiger partial charge on any atom is -0.497 e. The van der Waals surface area contributed by atoms with Crippen molar-refractivity contribution in [2.75, 3.05) is 25.5 Å². The van der Waals surface area contributed by atoms with Gasteiger partial charge in [-0.2, -0.15) is 0 Å². The zero-order chi connectivity index (χ0) is 21.4. The second kappa shape index (κ2) is 7.91. The van der Waals surface area contributed by atoms with E-state index in [1.165, 1.54) is 12.1 Å². The van der Waals surface area contributed by atoms with Crippen LogP contribution in [0.4, 0.5) is 10.1 Å². The van der Waals surface area contributed by atoms with Gasteiger partial charge in [-0.15, -0.1) is 0 Å². The second-order valence-electron chi connectivity index (χ2n) is 7.75. The van der Waals surface area contributed by atoms with Crippen LogP contribution in [0.3, 0.4) is 0 Å². The van der Waals surface area contributed by atoms with Crippen molar-refractivity contribution in [2.45, 2.75) is 26.8 Å². The first-order valence-electron chi connectivity index (χ1n) is 9.86. The van der Waals surface area contributed by atoms with E-state index in [-0.39, 0.29) is 23.7 Å². The average Bonchev–Trinajstić information content (AvgIpc) is 2.72. The SMILES string of the molecule is COc1cc(C)c2[nH]c3c(c(=O)c2c1)CN(CC(=O)Nc1ccc(F)c(C)c1)CC3. The number of aromatic nitrogens is 1. The molecular formula is C23H24FN3O3. The van der Waals surface area contributed by atoms with Gasteiger partial charge >= 0.3 is 0 Å². The molecule has 0 fully saturated rings. The summed E-state index contributed by atoms with van der Waals surface area (Å²) >= 11 is 0. The van der Waals surface area contributed by atoms with E-state index in [4.69, 9.17) is 4.74 Å². The second-order valence-corrected chi connectivity index (χ2v) is 7.75. The van der Waals surface area contributed by atoms with Crippen molar-refractivity contribution in [3.05, 3.63) is 68.8 Å². The van der Waals surface area contributed by atoms with Crippen LogP contribution in [0.25, 0.3) is 10.9 Å². The number of fused-ring (bicyclic) bond motifs is 2. The number of carbonyl (C=O) groups excluding carboxylic acids is 1. The number of carbonyl (C=O) groups is 1.